The Balaban J connectivity index is 2.07. The van der Waals surface area contributed by atoms with Crippen molar-refractivity contribution in [3.8, 4) is 5.75 Å². The Morgan fingerprint density at radius 1 is 1.21 bits per heavy atom. The predicted molar refractivity (Wildman–Crippen MR) is 80.8 cm³/mol. The number of nitrogens with one attached hydrogen (secondary N) is 1. The maximum atomic E-state index is 5.51. The highest BCUT2D eigenvalue weighted by molar-refractivity contribution is 5.34. The van der Waals surface area contributed by atoms with Gasteiger partial charge in [0, 0.05) is 6.54 Å². The van der Waals surface area contributed by atoms with E-state index in [-0.39, 0.29) is 0 Å². The second-order valence-electron chi connectivity index (χ2n) is 5.87. The average molecular weight is 261 g/mol. The first kappa shape index (κ1) is 14.4. The smallest absolute Gasteiger partial charge is 0.122 e. The molecule has 19 heavy (non-hydrogen) atoms. The molecule has 1 aliphatic rings. The highest BCUT2D eigenvalue weighted by atomic mass is 16.5. The van der Waals surface area contributed by atoms with Gasteiger partial charge in [0.2, 0.25) is 0 Å². The molecular formula is C17H27NO. The van der Waals surface area contributed by atoms with Crippen molar-refractivity contribution >= 4 is 0 Å². The van der Waals surface area contributed by atoms with Gasteiger partial charge in [-0.25, -0.2) is 0 Å². The van der Waals surface area contributed by atoms with Crippen LogP contribution in [0.1, 0.15) is 44.6 Å². The number of hydrogen-bond acceptors (Lipinski definition) is 2. The van der Waals surface area contributed by atoms with Gasteiger partial charge in [0.1, 0.15) is 5.75 Å². The zero-order chi connectivity index (χ0) is 13.6. The number of rotatable bonds is 7. The van der Waals surface area contributed by atoms with Crippen molar-refractivity contribution in [2.75, 3.05) is 20.2 Å². The number of hydrogen-bond donors (Lipinski definition) is 1. The molecule has 0 unspecified atom stereocenters. The van der Waals surface area contributed by atoms with Gasteiger partial charge in [-0.3, -0.25) is 0 Å². The molecule has 0 heterocycles. The third-order valence-electron chi connectivity index (χ3n) is 4.35. The van der Waals surface area contributed by atoms with Gasteiger partial charge in [0.05, 0.1) is 7.11 Å². The van der Waals surface area contributed by atoms with Gasteiger partial charge >= 0.3 is 0 Å². The van der Waals surface area contributed by atoms with Crippen LogP contribution in [-0.4, -0.2) is 20.2 Å². The van der Waals surface area contributed by atoms with Crippen LogP contribution in [0.25, 0.3) is 0 Å². The van der Waals surface area contributed by atoms with Crippen LogP contribution < -0.4 is 10.1 Å². The molecule has 0 bridgehead atoms. The van der Waals surface area contributed by atoms with E-state index < -0.39 is 0 Å². The molecule has 0 saturated heterocycles. The molecule has 0 spiro atoms. The van der Waals surface area contributed by atoms with Crippen LogP contribution in [0.3, 0.4) is 0 Å². The summed E-state index contributed by atoms with van der Waals surface area (Å²) in [5.41, 5.74) is 1.81. The summed E-state index contributed by atoms with van der Waals surface area (Å²) >= 11 is 0. The van der Waals surface area contributed by atoms with E-state index in [1.807, 2.05) is 0 Å². The first-order valence-electron chi connectivity index (χ1n) is 7.62. The Hall–Kier alpha value is -1.02. The highest BCUT2D eigenvalue weighted by Crippen LogP contribution is 2.41. The Bertz CT molecular complexity index is 383. The van der Waals surface area contributed by atoms with E-state index in [0.717, 1.165) is 25.3 Å². The molecule has 2 heteroatoms. The lowest BCUT2D eigenvalue weighted by molar-refractivity contribution is 0.274. The zero-order valence-electron chi connectivity index (χ0n) is 12.4. The Kier molecular flexibility index (Phi) is 5.26. The van der Waals surface area contributed by atoms with E-state index >= 15 is 0 Å². The van der Waals surface area contributed by atoms with Gasteiger partial charge in [-0.15, -0.1) is 0 Å². The fourth-order valence-electron chi connectivity index (χ4n) is 3.32. The van der Waals surface area contributed by atoms with E-state index in [9.17, 15) is 0 Å². The van der Waals surface area contributed by atoms with Crippen molar-refractivity contribution < 1.29 is 4.74 Å². The van der Waals surface area contributed by atoms with Crippen LogP contribution >= 0.6 is 0 Å². The highest BCUT2D eigenvalue weighted by Gasteiger charge is 2.34. The van der Waals surface area contributed by atoms with Gasteiger partial charge in [0.15, 0.2) is 0 Å². The van der Waals surface area contributed by atoms with Crippen LogP contribution in [0.2, 0.25) is 0 Å². The molecule has 1 aliphatic carbocycles. The van der Waals surface area contributed by atoms with Crippen LogP contribution in [0, 0.1) is 5.41 Å². The normalized spacial score (nSPS) is 17.6. The Morgan fingerprint density at radius 3 is 2.63 bits per heavy atom. The van der Waals surface area contributed by atoms with Crippen LogP contribution in [0.15, 0.2) is 24.3 Å². The minimum atomic E-state index is 0.448. The second-order valence-corrected chi connectivity index (χ2v) is 5.87. The van der Waals surface area contributed by atoms with Crippen LogP contribution in [0.5, 0.6) is 5.75 Å². The second kappa shape index (κ2) is 6.95. The van der Waals surface area contributed by atoms with Crippen molar-refractivity contribution in [3.05, 3.63) is 29.8 Å². The van der Waals surface area contributed by atoms with E-state index in [4.69, 9.17) is 4.74 Å². The van der Waals surface area contributed by atoms with Crippen LogP contribution in [-0.2, 0) is 6.42 Å². The summed E-state index contributed by atoms with van der Waals surface area (Å²) in [5, 5.41) is 3.63. The SMILES string of the molecule is CCCNCC1(Cc2ccccc2OC)CCCC1. The third kappa shape index (κ3) is 3.73. The molecule has 2 rings (SSSR count). The lowest BCUT2D eigenvalue weighted by atomic mass is 9.79. The zero-order valence-corrected chi connectivity index (χ0v) is 12.4. The van der Waals surface area contributed by atoms with E-state index in [0.29, 0.717) is 5.41 Å². The van der Waals surface area contributed by atoms with Gasteiger partial charge < -0.3 is 10.1 Å². The molecule has 1 N–H and O–H groups in total. The minimum Gasteiger partial charge on any atom is -0.496 e. The van der Waals surface area contributed by atoms with Crippen molar-refractivity contribution in [1.82, 2.24) is 5.32 Å². The van der Waals surface area contributed by atoms with Gasteiger partial charge in [-0.05, 0) is 49.3 Å². The first-order valence-corrected chi connectivity index (χ1v) is 7.62. The molecule has 1 aromatic carbocycles. The van der Waals surface area contributed by atoms with E-state index in [1.54, 1.807) is 7.11 Å². The van der Waals surface area contributed by atoms with Crippen molar-refractivity contribution in [2.24, 2.45) is 5.41 Å². The average Bonchev–Trinajstić information content (AvgIpc) is 2.88. The maximum absolute atomic E-state index is 5.51. The Labute approximate surface area is 117 Å². The predicted octanol–water partition coefficient (Wildman–Crippen LogP) is 3.80. The van der Waals surface area contributed by atoms with Gasteiger partial charge in [-0.2, -0.15) is 0 Å². The van der Waals surface area contributed by atoms with Crippen molar-refractivity contribution in [1.29, 1.82) is 0 Å². The Morgan fingerprint density at radius 2 is 1.95 bits per heavy atom. The van der Waals surface area contributed by atoms with Gasteiger partial charge in [0.25, 0.3) is 0 Å². The molecular weight excluding hydrogens is 234 g/mol. The summed E-state index contributed by atoms with van der Waals surface area (Å²) in [6.07, 6.45) is 7.81. The summed E-state index contributed by atoms with van der Waals surface area (Å²) in [5.74, 6) is 1.05. The quantitative estimate of drug-likeness (QED) is 0.754. The van der Waals surface area contributed by atoms with Gasteiger partial charge in [-0.1, -0.05) is 38.0 Å². The molecule has 0 aliphatic heterocycles. The summed E-state index contributed by atoms with van der Waals surface area (Å²) < 4.78 is 5.51. The summed E-state index contributed by atoms with van der Waals surface area (Å²) in [7, 11) is 1.77. The van der Waals surface area contributed by atoms with E-state index in [2.05, 4.69) is 36.5 Å². The fourth-order valence-corrected chi connectivity index (χ4v) is 3.32. The lowest BCUT2D eigenvalue weighted by Crippen LogP contribution is -2.34. The molecule has 0 amide bonds. The molecule has 2 nitrogen and oxygen atoms in total. The molecule has 106 valence electrons. The molecule has 1 saturated carbocycles. The maximum Gasteiger partial charge on any atom is 0.122 e. The number of methoxy groups -OCH3 is 1. The topological polar surface area (TPSA) is 21.3 Å². The lowest BCUT2D eigenvalue weighted by Gasteiger charge is -2.30. The largest absolute Gasteiger partial charge is 0.496 e. The molecule has 1 fully saturated rings. The monoisotopic (exact) mass is 261 g/mol. The molecule has 0 atom stereocenters. The number of benzene rings is 1. The number of ether oxygens (including phenoxy) is 1. The summed E-state index contributed by atoms with van der Waals surface area (Å²) in [4.78, 5) is 0. The van der Waals surface area contributed by atoms with Crippen LogP contribution in [0.4, 0.5) is 0 Å². The number of para-hydroxylation sites is 1. The molecule has 0 aromatic heterocycles. The fraction of sp³-hybridized carbons (Fsp3) is 0.647. The standard InChI is InChI=1S/C17H27NO/c1-3-12-18-14-17(10-6-7-11-17)13-15-8-4-5-9-16(15)19-2/h4-5,8-9,18H,3,6-7,10-14H2,1-2H3. The minimum absolute atomic E-state index is 0.448. The van der Waals surface area contributed by atoms with E-state index in [1.165, 1.54) is 37.7 Å². The summed E-state index contributed by atoms with van der Waals surface area (Å²) in [6.45, 7) is 4.51. The molecule has 0 radical (unpaired) electrons. The summed E-state index contributed by atoms with van der Waals surface area (Å²) in [6, 6.07) is 8.48. The third-order valence-corrected chi connectivity index (χ3v) is 4.35. The molecule has 1 aromatic rings. The van der Waals surface area contributed by atoms with Crippen molar-refractivity contribution in [3.63, 3.8) is 0 Å². The van der Waals surface area contributed by atoms with Crippen molar-refractivity contribution in [2.45, 2.75) is 45.4 Å². The first-order chi connectivity index (χ1) is 9.29.